The molecule has 7 nitrogen and oxygen atoms in total. The lowest BCUT2D eigenvalue weighted by Gasteiger charge is -2.29. The number of hydrogen-bond acceptors (Lipinski definition) is 7. The first-order valence-electron chi connectivity index (χ1n) is 9.63. The van der Waals surface area contributed by atoms with Gasteiger partial charge in [0.05, 0.1) is 31.8 Å². The van der Waals surface area contributed by atoms with Crippen molar-refractivity contribution in [1.82, 2.24) is 4.90 Å². The molecule has 0 bridgehead atoms. The number of aryl methyl sites for hydroxylation is 1. The summed E-state index contributed by atoms with van der Waals surface area (Å²) in [5.74, 6) is 1.03. The lowest BCUT2D eigenvalue weighted by atomic mass is 10.00. The van der Waals surface area contributed by atoms with Gasteiger partial charge < -0.3 is 18.6 Å². The van der Waals surface area contributed by atoms with Crippen LogP contribution in [0.4, 0.5) is 0 Å². The molecule has 0 aliphatic carbocycles. The van der Waals surface area contributed by atoms with Gasteiger partial charge in [0.2, 0.25) is 0 Å². The van der Waals surface area contributed by atoms with Crippen LogP contribution in [0.3, 0.4) is 0 Å². The van der Waals surface area contributed by atoms with Crippen LogP contribution in [0.1, 0.15) is 22.3 Å². The monoisotopic (exact) mass is 409 g/mol. The van der Waals surface area contributed by atoms with E-state index in [0.717, 1.165) is 27.8 Å². The van der Waals surface area contributed by atoms with E-state index >= 15 is 0 Å². The second-order valence-corrected chi connectivity index (χ2v) is 7.28. The average Bonchev–Trinajstić information content (AvgIpc) is 2.76. The number of esters is 1. The van der Waals surface area contributed by atoms with Crippen LogP contribution in [0, 0.1) is 6.92 Å². The molecule has 0 atom stereocenters. The summed E-state index contributed by atoms with van der Waals surface area (Å²) in [6, 6.07) is 11.6. The van der Waals surface area contributed by atoms with E-state index in [2.05, 4.69) is 4.90 Å². The number of ether oxygens (including phenoxy) is 3. The molecule has 0 fully saturated rings. The van der Waals surface area contributed by atoms with Crippen LogP contribution in [0.2, 0.25) is 0 Å². The summed E-state index contributed by atoms with van der Waals surface area (Å²) >= 11 is 0. The zero-order valence-electron chi connectivity index (χ0n) is 17.2. The predicted octanol–water partition coefficient (Wildman–Crippen LogP) is 3.18. The van der Waals surface area contributed by atoms with Gasteiger partial charge in [-0.3, -0.25) is 9.69 Å². The number of carbonyl (C=O) groups is 1. The number of rotatable bonds is 5. The molecule has 2 aromatic carbocycles. The quantitative estimate of drug-likeness (QED) is 0.473. The number of benzene rings is 2. The Kier molecular flexibility index (Phi) is 5.46. The maximum Gasteiger partial charge on any atom is 0.340 e. The van der Waals surface area contributed by atoms with Gasteiger partial charge >= 0.3 is 11.6 Å². The van der Waals surface area contributed by atoms with E-state index in [0.29, 0.717) is 36.7 Å². The van der Waals surface area contributed by atoms with Gasteiger partial charge in [0.1, 0.15) is 23.8 Å². The third kappa shape index (κ3) is 3.76. The molecule has 1 aliphatic rings. The molecule has 0 spiro atoms. The van der Waals surface area contributed by atoms with Crippen LogP contribution in [0.15, 0.2) is 45.6 Å². The first-order chi connectivity index (χ1) is 14.5. The van der Waals surface area contributed by atoms with E-state index in [-0.39, 0.29) is 6.42 Å². The summed E-state index contributed by atoms with van der Waals surface area (Å²) < 4.78 is 21.6. The Morgan fingerprint density at radius 1 is 1.20 bits per heavy atom. The minimum absolute atomic E-state index is 0.115. The second kappa shape index (κ2) is 8.20. The molecule has 30 heavy (non-hydrogen) atoms. The molecule has 4 rings (SSSR count). The summed E-state index contributed by atoms with van der Waals surface area (Å²) in [5, 5.41) is 0.791. The fourth-order valence-corrected chi connectivity index (χ4v) is 3.76. The Morgan fingerprint density at radius 3 is 2.80 bits per heavy atom. The largest absolute Gasteiger partial charge is 0.497 e. The lowest BCUT2D eigenvalue weighted by molar-refractivity contribution is -0.139. The van der Waals surface area contributed by atoms with Crippen LogP contribution in [-0.2, 0) is 29.0 Å². The van der Waals surface area contributed by atoms with E-state index in [1.165, 1.54) is 7.11 Å². The van der Waals surface area contributed by atoms with Gasteiger partial charge in [-0.2, -0.15) is 0 Å². The summed E-state index contributed by atoms with van der Waals surface area (Å²) in [6.07, 6.45) is -0.115. The number of carbonyl (C=O) groups excluding carboxylic acids is 1. The first-order valence-corrected chi connectivity index (χ1v) is 9.63. The molecule has 2 heterocycles. The van der Waals surface area contributed by atoms with Crippen LogP contribution < -0.4 is 15.1 Å². The lowest BCUT2D eigenvalue weighted by Crippen LogP contribution is -2.31. The van der Waals surface area contributed by atoms with Crippen molar-refractivity contribution in [2.45, 2.75) is 26.4 Å². The number of methoxy groups -OCH3 is 2. The minimum Gasteiger partial charge on any atom is -0.497 e. The molecular formula is C23H23NO6. The molecule has 156 valence electrons. The van der Waals surface area contributed by atoms with Crippen LogP contribution in [-0.4, -0.2) is 31.8 Å². The Morgan fingerprint density at radius 2 is 2.03 bits per heavy atom. The maximum absolute atomic E-state index is 12.6. The molecule has 0 unspecified atom stereocenters. The van der Waals surface area contributed by atoms with E-state index < -0.39 is 11.6 Å². The zero-order chi connectivity index (χ0) is 21.3. The smallest absolute Gasteiger partial charge is 0.340 e. The van der Waals surface area contributed by atoms with Crippen molar-refractivity contribution in [2.24, 2.45) is 0 Å². The van der Waals surface area contributed by atoms with Gasteiger partial charge in [0.25, 0.3) is 0 Å². The molecule has 0 amide bonds. The van der Waals surface area contributed by atoms with Gasteiger partial charge in [0, 0.05) is 18.5 Å². The van der Waals surface area contributed by atoms with E-state index in [9.17, 15) is 9.59 Å². The third-order valence-corrected chi connectivity index (χ3v) is 5.39. The average molecular weight is 409 g/mol. The predicted molar refractivity (Wildman–Crippen MR) is 111 cm³/mol. The van der Waals surface area contributed by atoms with Gasteiger partial charge in [-0.15, -0.1) is 0 Å². The maximum atomic E-state index is 12.6. The van der Waals surface area contributed by atoms with E-state index in [4.69, 9.17) is 18.6 Å². The van der Waals surface area contributed by atoms with Crippen molar-refractivity contribution < 1.29 is 23.4 Å². The summed E-state index contributed by atoms with van der Waals surface area (Å²) in [4.78, 5) is 26.4. The van der Waals surface area contributed by atoms with Crippen LogP contribution >= 0.6 is 0 Å². The SMILES string of the molecule is COC(=O)Cc1c(C)c2ccc3c(c2oc1=O)CN(Cc1cccc(OC)c1)CO3. The fourth-order valence-electron chi connectivity index (χ4n) is 3.76. The highest BCUT2D eigenvalue weighted by molar-refractivity contribution is 5.87. The van der Waals surface area contributed by atoms with Gasteiger partial charge in [-0.05, 0) is 42.3 Å². The van der Waals surface area contributed by atoms with E-state index in [1.54, 1.807) is 7.11 Å². The molecule has 0 saturated heterocycles. The molecule has 1 aliphatic heterocycles. The highest BCUT2D eigenvalue weighted by atomic mass is 16.5. The normalized spacial score (nSPS) is 13.6. The first kappa shape index (κ1) is 20.0. The Hall–Kier alpha value is -3.32. The van der Waals surface area contributed by atoms with Gasteiger partial charge in [-0.25, -0.2) is 4.79 Å². The van der Waals surface area contributed by atoms with Gasteiger partial charge in [-0.1, -0.05) is 12.1 Å². The number of hydrogen-bond donors (Lipinski definition) is 0. The molecule has 3 aromatic rings. The zero-order valence-corrected chi connectivity index (χ0v) is 17.2. The molecule has 1 aromatic heterocycles. The Labute approximate surface area is 173 Å². The van der Waals surface area contributed by atoms with Crippen molar-refractivity contribution >= 4 is 16.9 Å². The van der Waals surface area contributed by atoms with Crippen molar-refractivity contribution in [2.75, 3.05) is 21.0 Å². The summed E-state index contributed by atoms with van der Waals surface area (Å²) in [7, 11) is 2.94. The number of nitrogens with zero attached hydrogens (tertiary/aromatic N) is 1. The second-order valence-electron chi connectivity index (χ2n) is 7.28. The topological polar surface area (TPSA) is 78.2 Å². The molecule has 0 N–H and O–H groups in total. The van der Waals surface area contributed by atoms with Crippen LogP contribution in [0.5, 0.6) is 11.5 Å². The Bertz CT molecular complexity index is 1170. The molecule has 0 radical (unpaired) electrons. The highest BCUT2D eigenvalue weighted by Crippen LogP contribution is 2.34. The van der Waals surface area contributed by atoms with E-state index in [1.807, 2.05) is 43.3 Å². The van der Waals surface area contributed by atoms with Crippen molar-refractivity contribution in [1.29, 1.82) is 0 Å². The standard InChI is InChI=1S/C23H23NO6/c1-14-17-7-8-20-19(22(17)30-23(26)18(14)10-21(25)28-3)12-24(13-29-20)11-15-5-4-6-16(9-15)27-2/h4-9H,10-13H2,1-3H3. The van der Waals surface area contributed by atoms with Gasteiger partial charge in [0.15, 0.2) is 0 Å². The van der Waals surface area contributed by atoms with Crippen molar-refractivity contribution in [3.8, 4) is 11.5 Å². The fraction of sp³-hybridized carbons (Fsp3) is 0.304. The molecule has 7 heteroatoms. The molecule has 0 saturated carbocycles. The molecular weight excluding hydrogens is 386 g/mol. The van der Waals surface area contributed by atoms with Crippen molar-refractivity contribution in [3.63, 3.8) is 0 Å². The van der Waals surface area contributed by atoms with Crippen LogP contribution in [0.25, 0.3) is 11.0 Å². The summed E-state index contributed by atoms with van der Waals surface area (Å²) in [6.45, 7) is 3.49. The third-order valence-electron chi connectivity index (χ3n) is 5.39. The number of fused-ring (bicyclic) bond motifs is 3. The summed E-state index contributed by atoms with van der Waals surface area (Å²) in [5.41, 5.74) is 2.94. The van der Waals surface area contributed by atoms with Crippen molar-refractivity contribution in [3.05, 3.63) is 69.1 Å². The Balaban J connectivity index is 1.68. The highest BCUT2D eigenvalue weighted by Gasteiger charge is 2.24. The minimum atomic E-state index is -0.524.